The van der Waals surface area contributed by atoms with E-state index in [-0.39, 0.29) is 5.54 Å². The summed E-state index contributed by atoms with van der Waals surface area (Å²) in [7, 11) is 0. The highest BCUT2D eigenvalue weighted by molar-refractivity contribution is 5.78. The number of hydrogen-bond acceptors (Lipinski definition) is 1. The highest BCUT2D eigenvalue weighted by atomic mass is 15.3. The molecule has 15 heavy (non-hydrogen) atoms. The summed E-state index contributed by atoms with van der Waals surface area (Å²) in [5.74, 6) is 1.61. The van der Waals surface area contributed by atoms with Crippen molar-refractivity contribution in [3.63, 3.8) is 0 Å². The first-order chi connectivity index (χ1) is 6.92. The van der Waals surface area contributed by atoms with E-state index >= 15 is 0 Å². The summed E-state index contributed by atoms with van der Waals surface area (Å²) in [4.78, 5) is 6.72. The van der Waals surface area contributed by atoms with Crippen molar-refractivity contribution in [2.24, 2.45) is 16.6 Å². The van der Waals surface area contributed by atoms with E-state index in [9.17, 15) is 0 Å². The highest BCUT2D eigenvalue weighted by Crippen LogP contribution is 2.20. The molecule has 1 aliphatic heterocycles. The molecule has 1 fully saturated rings. The van der Waals surface area contributed by atoms with Crippen molar-refractivity contribution >= 4 is 5.96 Å². The largest absolute Gasteiger partial charge is 0.370 e. The summed E-state index contributed by atoms with van der Waals surface area (Å²) in [6, 6.07) is 0. The smallest absolute Gasteiger partial charge is 0.191 e. The van der Waals surface area contributed by atoms with Crippen molar-refractivity contribution < 1.29 is 0 Å². The van der Waals surface area contributed by atoms with Crippen molar-refractivity contribution in [1.82, 2.24) is 4.90 Å². The van der Waals surface area contributed by atoms with Crippen molar-refractivity contribution in [2.45, 2.75) is 52.5 Å². The van der Waals surface area contributed by atoms with Gasteiger partial charge in [-0.05, 0) is 39.5 Å². The molecule has 0 amide bonds. The number of piperidine rings is 1. The van der Waals surface area contributed by atoms with Gasteiger partial charge in [0.2, 0.25) is 0 Å². The molecule has 2 N–H and O–H groups in total. The van der Waals surface area contributed by atoms with Crippen LogP contribution in [0, 0.1) is 5.92 Å². The summed E-state index contributed by atoms with van der Waals surface area (Å²) in [5.41, 5.74) is 5.93. The molecule has 0 spiro atoms. The molecule has 0 aromatic rings. The van der Waals surface area contributed by atoms with E-state index in [0.717, 1.165) is 25.0 Å². The molecule has 1 rings (SSSR count). The third-order valence-corrected chi connectivity index (χ3v) is 2.97. The van der Waals surface area contributed by atoms with Gasteiger partial charge in [0, 0.05) is 13.1 Å². The van der Waals surface area contributed by atoms with Crippen LogP contribution < -0.4 is 5.73 Å². The standard InChI is InChI=1S/C12H25N3/c1-5-10-6-8-15(9-7-10)11(13)14-12(2,3)4/h10H,5-9H2,1-4H3,(H2,13,14). The minimum absolute atomic E-state index is 0.0638. The van der Waals surface area contributed by atoms with Crippen LogP contribution >= 0.6 is 0 Å². The molecular weight excluding hydrogens is 186 g/mol. The minimum atomic E-state index is -0.0638. The number of nitrogens with two attached hydrogens (primary N) is 1. The van der Waals surface area contributed by atoms with Crippen LogP contribution in [0.2, 0.25) is 0 Å². The van der Waals surface area contributed by atoms with Crippen molar-refractivity contribution in [3.8, 4) is 0 Å². The first kappa shape index (κ1) is 12.3. The summed E-state index contributed by atoms with van der Waals surface area (Å²) in [6.45, 7) is 10.7. The molecule has 1 aliphatic rings. The lowest BCUT2D eigenvalue weighted by molar-refractivity contribution is 0.257. The first-order valence-corrected chi connectivity index (χ1v) is 6.02. The Balaban J connectivity index is 2.50. The van der Waals surface area contributed by atoms with Gasteiger partial charge in [-0.2, -0.15) is 0 Å². The molecule has 0 aliphatic carbocycles. The predicted molar refractivity (Wildman–Crippen MR) is 66.0 cm³/mol. The number of nitrogens with zero attached hydrogens (tertiary/aromatic N) is 2. The Morgan fingerprint density at radius 1 is 1.33 bits per heavy atom. The zero-order valence-corrected chi connectivity index (χ0v) is 10.6. The number of rotatable bonds is 1. The number of likely N-dealkylation sites (tertiary alicyclic amines) is 1. The van der Waals surface area contributed by atoms with E-state index in [2.05, 4.69) is 37.6 Å². The van der Waals surface area contributed by atoms with Crippen molar-refractivity contribution in [2.75, 3.05) is 13.1 Å². The van der Waals surface area contributed by atoms with Gasteiger partial charge in [-0.3, -0.25) is 0 Å². The molecule has 3 nitrogen and oxygen atoms in total. The second kappa shape index (κ2) is 4.86. The Hall–Kier alpha value is -0.730. The van der Waals surface area contributed by atoms with Crippen LogP contribution in [0.1, 0.15) is 47.0 Å². The molecule has 88 valence electrons. The van der Waals surface area contributed by atoms with Gasteiger partial charge in [-0.15, -0.1) is 0 Å². The molecule has 0 saturated carbocycles. The molecule has 3 heteroatoms. The molecule has 0 atom stereocenters. The van der Waals surface area contributed by atoms with Crippen LogP contribution in [0.3, 0.4) is 0 Å². The highest BCUT2D eigenvalue weighted by Gasteiger charge is 2.20. The molecular formula is C12H25N3. The lowest BCUT2D eigenvalue weighted by Crippen LogP contribution is -2.44. The third-order valence-electron chi connectivity index (χ3n) is 2.97. The lowest BCUT2D eigenvalue weighted by atomic mass is 9.95. The van der Waals surface area contributed by atoms with Crippen LogP contribution in [0.5, 0.6) is 0 Å². The van der Waals surface area contributed by atoms with Gasteiger partial charge in [-0.25, -0.2) is 4.99 Å². The van der Waals surface area contributed by atoms with Crippen LogP contribution in [-0.2, 0) is 0 Å². The van der Waals surface area contributed by atoms with Crippen LogP contribution in [0.25, 0.3) is 0 Å². The molecule has 0 radical (unpaired) electrons. The third kappa shape index (κ3) is 4.10. The van der Waals surface area contributed by atoms with Gasteiger partial charge in [0.1, 0.15) is 0 Å². The topological polar surface area (TPSA) is 41.6 Å². The van der Waals surface area contributed by atoms with Crippen LogP contribution in [0.15, 0.2) is 4.99 Å². The maximum absolute atomic E-state index is 6.00. The summed E-state index contributed by atoms with van der Waals surface area (Å²) >= 11 is 0. The van der Waals surface area contributed by atoms with E-state index in [0.29, 0.717) is 0 Å². The second-order valence-electron chi connectivity index (χ2n) is 5.48. The molecule has 0 unspecified atom stereocenters. The van der Waals surface area contributed by atoms with Crippen molar-refractivity contribution in [3.05, 3.63) is 0 Å². The second-order valence-corrected chi connectivity index (χ2v) is 5.48. The Morgan fingerprint density at radius 2 is 1.87 bits per heavy atom. The molecule has 1 heterocycles. The van der Waals surface area contributed by atoms with Gasteiger partial charge in [0.05, 0.1) is 5.54 Å². The maximum Gasteiger partial charge on any atom is 0.191 e. The molecule has 0 aromatic carbocycles. The molecule has 0 aromatic heterocycles. The van der Waals surface area contributed by atoms with Crippen LogP contribution in [-0.4, -0.2) is 29.5 Å². The SMILES string of the molecule is CCC1CCN(C(N)=NC(C)(C)C)CC1. The Bertz CT molecular complexity index is 220. The Labute approximate surface area is 93.7 Å². The molecule has 1 saturated heterocycles. The lowest BCUT2D eigenvalue weighted by Gasteiger charge is -2.33. The van der Waals surface area contributed by atoms with Gasteiger partial charge in [0.25, 0.3) is 0 Å². The quantitative estimate of drug-likeness (QED) is 0.534. The van der Waals surface area contributed by atoms with E-state index < -0.39 is 0 Å². The number of aliphatic imine (C=N–C) groups is 1. The molecule has 0 bridgehead atoms. The monoisotopic (exact) mass is 211 g/mol. The fourth-order valence-corrected chi connectivity index (χ4v) is 1.98. The average molecular weight is 211 g/mol. The zero-order valence-electron chi connectivity index (χ0n) is 10.6. The van der Waals surface area contributed by atoms with Gasteiger partial charge < -0.3 is 10.6 Å². The van der Waals surface area contributed by atoms with Crippen LogP contribution in [0.4, 0.5) is 0 Å². The summed E-state index contributed by atoms with van der Waals surface area (Å²) < 4.78 is 0. The zero-order chi connectivity index (χ0) is 11.5. The first-order valence-electron chi connectivity index (χ1n) is 6.02. The van der Waals surface area contributed by atoms with E-state index in [1.807, 2.05) is 0 Å². The fraction of sp³-hybridized carbons (Fsp3) is 0.917. The summed E-state index contributed by atoms with van der Waals surface area (Å²) in [6.07, 6.45) is 3.82. The fourth-order valence-electron chi connectivity index (χ4n) is 1.98. The van der Waals surface area contributed by atoms with E-state index in [1.54, 1.807) is 0 Å². The Kier molecular flexibility index (Phi) is 4.00. The van der Waals surface area contributed by atoms with Crippen molar-refractivity contribution in [1.29, 1.82) is 0 Å². The number of guanidine groups is 1. The van der Waals surface area contributed by atoms with E-state index in [1.165, 1.54) is 19.3 Å². The Morgan fingerprint density at radius 3 is 2.27 bits per heavy atom. The van der Waals surface area contributed by atoms with Gasteiger partial charge >= 0.3 is 0 Å². The normalized spacial score (nSPS) is 20.8. The maximum atomic E-state index is 6.00. The number of hydrogen-bond donors (Lipinski definition) is 1. The average Bonchev–Trinajstić information content (AvgIpc) is 2.15. The van der Waals surface area contributed by atoms with E-state index in [4.69, 9.17) is 5.73 Å². The minimum Gasteiger partial charge on any atom is -0.370 e. The summed E-state index contributed by atoms with van der Waals surface area (Å²) in [5, 5.41) is 0. The van der Waals surface area contributed by atoms with Gasteiger partial charge in [0.15, 0.2) is 5.96 Å². The predicted octanol–water partition coefficient (Wildman–Crippen LogP) is 2.22. The van der Waals surface area contributed by atoms with Gasteiger partial charge in [-0.1, -0.05) is 13.3 Å².